The molecule has 2 N–H and O–H groups in total. The van der Waals surface area contributed by atoms with Gasteiger partial charge in [-0.1, -0.05) is 0 Å². The zero-order chi connectivity index (χ0) is 17.0. The molecule has 3 heterocycles. The topological polar surface area (TPSA) is 98.5 Å². The van der Waals surface area contributed by atoms with Gasteiger partial charge in [0.15, 0.2) is 17.9 Å². The van der Waals surface area contributed by atoms with Gasteiger partial charge >= 0.3 is 5.97 Å². The van der Waals surface area contributed by atoms with Gasteiger partial charge in [-0.3, -0.25) is 4.79 Å². The number of hydrogen-bond acceptors (Lipinski definition) is 8. The first-order valence-electron chi connectivity index (χ1n) is 7.81. The van der Waals surface area contributed by atoms with Crippen LogP contribution in [0.2, 0.25) is 0 Å². The first-order chi connectivity index (χ1) is 10.6. The molecule has 23 heavy (non-hydrogen) atoms. The summed E-state index contributed by atoms with van der Waals surface area (Å²) in [6.45, 7) is 7.27. The molecule has 0 saturated carbocycles. The van der Waals surface area contributed by atoms with Gasteiger partial charge in [0.25, 0.3) is 0 Å². The van der Waals surface area contributed by atoms with Crippen LogP contribution in [0, 0.1) is 0 Å². The number of nitrogens with two attached hydrogens (primary N) is 1. The number of esters is 1. The highest BCUT2D eigenvalue weighted by Crippen LogP contribution is 2.44. The molecule has 3 fully saturated rings. The van der Waals surface area contributed by atoms with Crippen LogP contribution in [0.4, 0.5) is 0 Å². The zero-order valence-corrected chi connectivity index (χ0v) is 14.1. The Labute approximate surface area is 135 Å². The lowest BCUT2D eigenvalue weighted by Gasteiger charge is -2.39. The molecule has 8 nitrogen and oxygen atoms in total. The fraction of sp³-hybridized carbons (Fsp3) is 0.933. The predicted molar refractivity (Wildman–Crippen MR) is 77.1 cm³/mol. The summed E-state index contributed by atoms with van der Waals surface area (Å²) in [5.41, 5.74) is 6.16. The molecule has 8 heteroatoms. The van der Waals surface area contributed by atoms with E-state index in [4.69, 9.17) is 29.4 Å². The molecule has 0 aromatic rings. The average Bonchev–Trinajstić information content (AvgIpc) is 2.91. The van der Waals surface area contributed by atoms with E-state index >= 15 is 0 Å². The molecule has 3 rings (SSSR count). The van der Waals surface area contributed by atoms with E-state index in [9.17, 15) is 4.79 Å². The van der Waals surface area contributed by atoms with Gasteiger partial charge in [0.2, 0.25) is 0 Å². The zero-order valence-electron chi connectivity index (χ0n) is 14.1. The summed E-state index contributed by atoms with van der Waals surface area (Å²) in [5.74, 6) is -1.97. The van der Waals surface area contributed by atoms with Crippen LogP contribution in [0.25, 0.3) is 0 Å². The quantitative estimate of drug-likeness (QED) is 0.736. The normalized spacial score (nSPS) is 41.9. The second-order valence-electron chi connectivity index (χ2n) is 7.08. The third kappa shape index (κ3) is 3.24. The van der Waals surface area contributed by atoms with E-state index in [2.05, 4.69) is 4.74 Å². The molecule has 0 radical (unpaired) electrons. The van der Waals surface area contributed by atoms with E-state index in [0.717, 1.165) is 0 Å². The van der Waals surface area contributed by atoms with Gasteiger partial charge < -0.3 is 34.2 Å². The lowest BCUT2D eigenvalue weighted by molar-refractivity contribution is -0.238. The second-order valence-corrected chi connectivity index (χ2v) is 7.08. The van der Waals surface area contributed by atoms with Gasteiger partial charge in [-0.2, -0.15) is 0 Å². The Kier molecular flexibility index (Phi) is 4.19. The maximum absolute atomic E-state index is 11.5. The van der Waals surface area contributed by atoms with Gasteiger partial charge in [-0.25, -0.2) is 0 Å². The summed E-state index contributed by atoms with van der Waals surface area (Å²) in [6.07, 6.45) is -2.37. The van der Waals surface area contributed by atoms with Crippen molar-refractivity contribution in [3.05, 3.63) is 0 Å². The molecule has 0 unspecified atom stereocenters. The van der Waals surface area contributed by atoms with E-state index in [-0.39, 0.29) is 12.5 Å². The van der Waals surface area contributed by atoms with Gasteiger partial charge in [0.05, 0.1) is 13.5 Å². The van der Waals surface area contributed by atoms with Crippen molar-refractivity contribution in [3.8, 4) is 0 Å². The third-order valence-corrected chi connectivity index (χ3v) is 4.24. The molecular weight excluding hydrogens is 306 g/mol. The Morgan fingerprint density at radius 2 is 1.61 bits per heavy atom. The molecule has 3 saturated heterocycles. The van der Waals surface area contributed by atoms with Gasteiger partial charge in [-0.15, -0.1) is 0 Å². The lowest BCUT2D eigenvalue weighted by atomic mass is 9.93. The maximum Gasteiger partial charge on any atom is 0.307 e. The SMILES string of the molecule is COC(=O)C[C@H](N)[C@H]1O[C@@H]2OC(C)(C)O[C@@H]2[C@H]2OC(C)(C)O[C@H]21. The molecule has 0 aromatic heterocycles. The number of carbonyl (C=O) groups is 1. The maximum atomic E-state index is 11.5. The van der Waals surface area contributed by atoms with Gasteiger partial charge in [0, 0.05) is 6.04 Å². The number of ether oxygens (including phenoxy) is 6. The summed E-state index contributed by atoms with van der Waals surface area (Å²) in [7, 11) is 1.32. The summed E-state index contributed by atoms with van der Waals surface area (Å²) >= 11 is 0. The van der Waals surface area contributed by atoms with E-state index in [1.807, 2.05) is 27.7 Å². The highest BCUT2D eigenvalue weighted by Gasteiger charge is 2.61. The molecule has 3 aliphatic rings. The highest BCUT2D eigenvalue weighted by molar-refractivity contribution is 5.70. The molecule has 0 bridgehead atoms. The first kappa shape index (κ1) is 17.1. The summed E-state index contributed by atoms with van der Waals surface area (Å²) in [5, 5.41) is 0. The van der Waals surface area contributed by atoms with Crippen LogP contribution in [0.3, 0.4) is 0 Å². The summed E-state index contributed by atoms with van der Waals surface area (Å²) in [6, 6.07) is -0.597. The molecular formula is C15H25NO7. The summed E-state index contributed by atoms with van der Waals surface area (Å²) < 4.78 is 34.3. The Hall–Kier alpha value is -0.770. The fourth-order valence-electron chi connectivity index (χ4n) is 3.38. The van der Waals surface area contributed by atoms with Crippen molar-refractivity contribution in [1.82, 2.24) is 0 Å². The van der Waals surface area contributed by atoms with E-state index < -0.39 is 48.2 Å². The van der Waals surface area contributed by atoms with Crippen molar-refractivity contribution in [2.45, 2.75) is 82.4 Å². The van der Waals surface area contributed by atoms with Crippen molar-refractivity contribution in [2.75, 3.05) is 7.11 Å². The average molecular weight is 331 g/mol. The fourth-order valence-corrected chi connectivity index (χ4v) is 3.38. The van der Waals surface area contributed by atoms with Gasteiger partial charge in [-0.05, 0) is 27.7 Å². The Morgan fingerprint density at radius 1 is 1.04 bits per heavy atom. The van der Waals surface area contributed by atoms with Crippen LogP contribution in [0.5, 0.6) is 0 Å². The van der Waals surface area contributed by atoms with E-state index in [0.29, 0.717) is 0 Å². The third-order valence-electron chi connectivity index (χ3n) is 4.24. The minimum absolute atomic E-state index is 0.0236. The van der Waals surface area contributed by atoms with Crippen molar-refractivity contribution in [1.29, 1.82) is 0 Å². The smallest absolute Gasteiger partial charge is 0.307 e. The Morgan fingerprint density at radius 3 is 2.26 bits per heavy atom. The largest absolute Gasteiger partial charge is 0.469 e. The highest BCUT2D eigenvalue weighted by atomic mass is 16.9. The number of methoxy groups -OCH3 is 1. The molecule has 0 aromatic carbocycles. The Balaban J connectivity index is 1.82. The molecule has 0 spiro atoms. The molecule has 3 aliphatic heterocycles. The molecule has 0 amide bonds. The Bertz CT molecular complexity index is 480. The van der Waals surface area contributed by atoms with Crippen LogP contribution in [0.15, 0.2) is 0 Å². The van der Waals surface area contributed by atoms with E-state index in [1.165, 1.54) is 7.11 Å². The predicted octanol–water partition coefficient (Wildman–Crippen LogP) is 0.273. The monoisotopic (exact) mass is 331 g/mol. The van der Waals surface area contributed by atoms with Crippen LogP contribution >= 0.6 is 0 Å². The summed E-state index contributed by atoms with van der Waals surface area (Å²) in [4.78, 5) is 11.5. The lowest BCUT2D eigenvalue weighted by Crippen LogP contribution is -2.60. The van der Waals surface area contributed by atoms with Gasteiger partial charge in [0.1, 0.15) is 24.4 Å². The van der Waals surface area contributed by atoms with E-state index in [1.54, 1.807) is 0 Å². The standard InChI is InChI=1S/C15H25NO7/c1-14(2)20-10-9(7(16)6-8(17)18-5)19-13-12(11(10)21-14)22-15(3,4)23-13/h7,9-13H,6,16H2,1-5H3/t7-,9+,10-,11-,12+,13+/m0/s1. The minimum atomic E-state index is -0.785. The van der Waals surface area contributed by atoms with Crippen LogP contribution in [0.1, 0.15) is 34.1 Å². The second kappa shape index (κ2) is 5.65. The van der Waals surface area contributed by atoms with Crippen molar-refractivity contribution >= 4 is 5.97 Å². The van der Waals surface area contributed by atoms with Crippen molar-refractivity contribution < 1.29 is 33.2 Å². The van der Waals surface area contributed by atoms with Crippen molar-refractivity contribution in [3.63, 3.8) is 0 Å². The molecule has 132 valence electrons. The molecule has 6 atom stereocenters. The first-order valence-corrected chi connectivity index (χ1v) is 7.81. The molecule has 0 aliphatic carbocycles. The number of fused-ring (bicyclic) bond motifs is 3. The van der Waals surface area contributed by atoms with Crippen LogP contribution < -0.4 is 5.73 Å². The number of hydrogen-bond donors (Lipinski definition) is 1. The van der Waals surface area contributed by atoms with Crippen LogP contribution in [-0.4, -0.2) is 61.4 Å². The minimum Gasteiger partial charge on any atom is -0.469 e. The number of carbonyl (C=O) groups excluding carboxylic acids is 1. The number of rotatable bonds is 3. The van der Waals surface area contributed by atoms with Crippen molar-refractivity contribution in [2.24, 2.45) is 5.73 Å². The van der Waals surface area contributed by atoms with Crippen LogP contribution in [-0.2, 0) is 33.2 Å².